The van der Waals surface area contributed by atoms with Crippen molar-refractivity contribution in [3.63, 3.8) is 0 Å². The number of halogens is 1. The van der Waals surface area contributed by atoms with Crippen LogP contribution in [-0.4, -0.2) is 19.1 Å². The Balaban J connectivity index is 0.00000320. The highest BCUT2D eigenvalue weighted by Crippen LogP contribution is 2.47. The summed E-state index contributed by atoms with van der Waals surface area (Å²) < 4.78 is 5.10. The van der Waals surface area contributed by atoms with E-state index in [2.05, 4.69) is 53.3 Å². The largest absolute Gasteiger partial charge is 0.461 e. The lowest BCUT2D eigenvalue weighted by Gasteiger charge is -2.42. The first kappa shape index (κ1) is 24.2. The van der Waals surface area contributed by atoms with E-state index in [0.29, 0.717) is 12.1 Å². The Morgan fingerprint density at radius 2 is 1.50 bits per heavy atom. The highest BCUT2D eigenvalue weighted by Gasteiger charge is 2.37. The van der Waals surface area contributed by atoms with Crippen LogP contribution in [0.4, 0.5) is 0 Å². The van der Waals surface area contributed by atoms with Crippen molar-refractivity contribution < 1.29 is 9.53 Å². The molecule has 0 atom stereocenters. The second kappa shape index (κ2) is 8.95. The normalized spacial score (nSPS) is 16.2. The maximum Gasteiger partial charge on any atom is 0.338 e. The summed E-state index contributed by atoms with van der Waals surface area (Å²) in [6, 6.07) is 12.2. The van der Waals surface area contributed by atoms with E-state index in [1.165, 1.54) is 35.1 Å². The predicted octanol–water partition coefficient (Wildman–Crippen LogP) is 5.94. The first-order valence-corrected chi connectivity index (χ1v) is 10.4. The maximum atomic E-state index is 12.0. The molecule has 0 spiro atoms. The van der Waals surface area contributed by atoms with Crippen LogP contribution < -0.4 is 5.73 Å². The quantitative estimate of drug-likeness (QED) is 0.600. The van der Waals surface area contributed by atoms with Crippen LogP contribution in [0.1, 0.15) is 78.7 Å². The molecule has 0 unspecified atom stereocenters. The Kier molecular flexibility index (Phi) is 7.21. The predicted molar refractivity (Wildman–Crippen MR) is 128 cm³/mol. The number of carbonyl (C=O) groups is 1. The molecular weight excluding hydrogens is 394 g/mol. The smallest absolute Gasteiger partial charge is 0.338 e. The van der Waals surface area contributed by atoms with Gasteiger partial charge in [-0.1, -0.05) is 58.5 Å². The molecule has 4 heteroatoms. The third-order valence-electron chi connectivity index (χ3n) is 6.34. The number of aryl methyl sites for hydroxylation is 1. The van der Waals surface area contributed by atoms with E-state index in [9.17, 15) is 4.79 Å². The molecule has 0 radical (unpaired) electrons. The van der Waals surface area contributed by atoms with Crippen molar-refractivity contribution in [3.05, 3.63) is 76.4 Å². The highest BCUT2D eigenvalue weighted by atomic mass is 35.5. The molecule has 3 nitrogen and oxygen atoms in total. The highest BCUT2D eigenvalue weighted by molar-refractivity contribution is 5.90. The van der Waals surface area contributed by atoms with Crippen LogP contribution in [0.5, 0.6) is 0 Å². The number of rotatable bonds is 5. The van der Waals surface area contributed by atoms with Crippen molar-refractivity contribution >= 4 is 23.9 Å². The molecule has 0 saturated heterocycles. The Morgan fingerprint density at radius 3 is 2.03 bits per heavy atom. The first-order chi connectivity index (χ1) is 13.6. The zero-order valence-electron chi connectivity index (χ0n) is 18.8. The minimum atomic E-state index is -0.346. The van der Waals surface area contributed by atoms with Gasteiger partial charge in [-0.2, -0.15) is 0 Å². The standard InChI is InChI=1S/C26H33NO2.ClH/c1-17-15-22-23(26(5,6)12-11-25(22,3)4)16-21(17)18(2)19-7-9-20(10-8-19)24(28)29-14-13-27;/h7-10,15-16H,2,11-14,27H2,1,3-6H3;1H. The van der Waals surface area contributed by atoms with E-state index in [4.69, 9.17) is 10.5 Å². The van der Waals surface area contributed by atoms with E-state index in [-0.39, 0.29) is 35.8 Å². The van der Waals surface area contributed by atoms with Gasteiger partial charge in [0.15, 0.2) is 0 Å². The Bertz CT molecular complexity index is 942. The van der Waals surface area contributed by atoms with E-state index in [1.807, 2.05) is 12.1 Å². The molecule has 1 aliphatic carbocycles. The molecule has 0 aromatic heterocycles. The summed E-state index contributed by atoms with van der Waals surface area (Å²) >= 11 is 0. The molecule has 0 bridgehead atoms. The number of hydrogen-bond donors (Lipinski definition) is 1. The lowest BCUT2D eigenvalue weighted by molar-refractivity contribution is 0.0517. The summed E-state index contributed by atoms with van der Waals surface area (Å²) in [6.45, 7) is 16.5. The SMILES string of the molecule is C=C(c1ccc(C(=O)OCCN)cc1)c1cc2c(cc1C)C(C)(C)CCC2(C)C.Cl. The number of benzene rings is 2. The second-order valence-electron chi connectivity index (χ2n) is 9.46. The molecule has 0 saturated carbocycles. The molecule has 2 aromatic carbocycles. The summed E-state index contributed by atoms with van der Waals surface area (Å²) in [6.07, 6.45) is 2.38. The van der Waals surface area contributed by atoms with E-state index in [0.717, 1.165) is 11.1 Å². The van der Waals surface area contributed by atoms with Crippen molar-refractivity contribution in [1.29, 1.82) is 0 Å². The third-order valence-corrected chi connectivity index (χ3v) is 6.34. The van der Waals surface area contributed by atoms with Crippen LogP contribution in [0.2, 0.25) is 0 Å². The van der Waals surface area contributed by atoms with Crippen LogP contribution in [0.25, 0.3) is 5.57 Å². The number of ether oxygens (including phenoxy) is 1. The van der Waals surface area contributed by atoms with Gasteiger partial charge in [-0.25, -0.2) is 4.79 Å². The molecule has 0 fully saturated rings. The fraction of sp³-hybridized carbons (Fsp3) is 0.423. The molecule has 30 heavy (non-hydrogen) atoms. The van der Waals surface area contributed by atoms with E-state index in [1.54, 1.807) is 12.1 Å². The van der Waals surface area contributed by atoms with Crippen LogP contribution in [-0.2, 0) is 15.6 Å². The van der Waals surface area contributed by atoms with Crippen LogP contribution in [0.15, 0.2) is 43.0 Å². The second-order valence-corrected chi connectivity index (χ2v) is 9.46. The van der Waals surface area contributed by atoms with Crippen molar-refractivity contribution in [2.75, 3.05) is 13.2 Å². The zero-order chi connectivity index (χ0) is 21.4. The molecule has 3 rings (SSSR count). The van der Waals surface area contributed by atoms with Gasteiger partial charge in [-0.05, 0) is 76.1 Å². The summed E-state index contributed by atoms with van der Waals surface area (Å²) in [7, 11) is 0. The van der Waals surface area contributed by atoms with Gasteiger partial charge < -0.3 is 10.5 Å². The van der Waals surface area contributed by atoms with Crippen molar-refractivity contribution in [3.8, 4) is 0 Å². The van der Waals surface area contributed by atoms with E-state index < -0.39 is 0 Å². The molecule has 2 aromatic rings. The van der Waals surface area contributed by atoms with E-state index >= 15 is 0 Å². The molecule has 0 heterocycles. The minimum Gasteiger partial charge on any atom is -0.461 e. The Morgan fingerprint density at radius 1 is 1.00 bits per heavy atom. The topological polar surface area (TPSA) is 52.3 Å². The lowest BCUT2D eigenvalue weighted by Crippen LogP contribution is -2.34. The molecule has 0 aliphatic heterocycles. The van der Waals surface area contributed by atoms with Crippen LogP contribution in [0.3, 0.4) is 0 Å². The lowest BCUT2D eigenvalue weighted by atomic mass is 9.62. The first-order valence-electron chi connectivity index (χ1n) is 10.4. The van der Waals surface area contributed by atoms with Gasteiger partial charge in [0.1, 0.15) is 6.61 Å². The molecular formula is C26H34ClNO2. The van der Waals surface area contributed by atoms with Crippen LogP contribution >= 0.6 is 12.4 Å². The Labute approximate surface area is 187 Å². The van der Waals surface area contributed by atoms with Gasteiger partial charge in [-0.15, -0.1) is 12.4 Å². The molecule has 0 amide bonds. The maximum absolute atomic E-state index is 12.0. The number of hydrogen-bond acceptors (Lipinski definition) is 3. The average Bonchev–Trinajstić information content (AvgIpc) is 2.69. The fourth-order valence-corrected chi connectivity index (χ4v) is 4.25. The van der Waals surface area contributed by atoms with Gasteiger partial charge in [0.2, 0.25) is 0 Å². The van der Waals surface area contributed by atoms with Gasteiger partial charge in [0, 0.05) is 6.54 Å². The monoisotopic (exact) mass is 427 g/mol. The third kappa shape index (κ3) is 4.63. The molecule has 162 valence electrons. The summed E-state index contributed by atoms with van der Waals surface area (Å²) in [5.41, 5.74) is 13.6. The van der Waals surface area contributed by atoms with Crippen LogP contribution in [0, 0.1) is 6.92 Å². The van der Waals surface area contributed by atoms with Crippen molar-refractivity contribution in [2.45, 2.75) is 58.3 Å². The van der Waals surface area contributed by atoms with Gasteiger partial charge in [0.05, 0.1) is 5.56 Å². The fourth-order valence-electron chi connectivity index (χ4n) is 4.25. The average molecular weight is 428 g/mol. The number of fused-ring (bicyclic) bond motifs is 1. The van der Waals surface area contributed by atoms with Crippen molar-refractivity contribution in [1.82, 2.24) is 0 Å². The van der Waals surface area contributed by atoms with Gasteiger partial charge in [-0.3, -0.25) is 0 Å². The van der Waals surface area contributed by atoms with Gasteiger partial charge >= 0.3 is 5.97 Å². The zero-order valence-corrected chi connectivity index (χ0v) is 19.6. The number of carbonyl (C=O) groups excluding carboxylic acids is 1. The summed E-state index contributed by atoms with van der Waals surface area (Å²) in [5, 5.41) is 0. The number of nitrogens with two attached hydrogens (primary N) is 1. The Hall–Kier alpha value is -2.10. The summed E-state index contributed by atoms with van der Waals surface area (Å²) in [5.74, 6) is -0.346. The molecule has 1 aliphatic rings. The minimum absolute atomic E-state index is 0. The van der Waals surface area contributed by atoms with Crippen molar-refractivity contribution in [2.24, 2.45) is 5.73 Å². The number of esters is 1. The van der Waals surface area contributed by atoms with Gasteiger partial charge in [0.25, 0.3) is 0 Å². The summed E-state index contributed by atoms with van der Waals surface area (Å²) in [4.78, 5) is 12.0. The molecule has 2 N–H and O–H groups in total.